The molecule has 1 aromatic rings. The lowest BCUT2D eigenvalue weighted by atomic mass is 10.1. The maximum atomic E-state index is 12.2. The first-order valence-electron chi connectivity index (χ1n) is 6.70. The molecule has 1 N–H and O–H groups in total. The van der Waals surface area contributed by atoms with Gasteiger partial charge in [-0.2, -0.15) is 0 Å². The van der Waals surface area contributed by atoms with E-state index in [1.54, 1.807) is 12.1 Å². The lowest BCUT2D eigenvalue weighted by Crippen LogP contribution is -2.45. The number of carbonyl (C=O) groups is 1. The Kier molecular flexibility index (Phi) is 3.80. The largest absolute Gasteiger partial charge is 0.443 e. The van der Waals surface area contributed by atoms with Crippen LogP contribution in [0.2, 0.25) is 0 Å². The summed E-state index contributed by atoms with van der Waals surface area (Å²) >= 11 is 0. The number of fused-ring (bicyclic) bond motifs is 1. The minimum Gasteiger partial charge on any atom is -0.443 e. The van der Waals surface area contributed by atoms with Crippen molar-refractivity contribution in [3.8, 4) is 0 Å². The molecule has 0 bridgehead atoms. The third-order valence-corrected chi connectivity index (χ3v) is 3.24. The Hall–Kier alpha value is -1.55. The van der Waals surface area contributed by atoms with Gasteiger partial charge >= 0.3 is 6.09 Å². The van der Waals surface area contributed by atoms with Gasteiger partial charge in [0.25, 0.3) is 0 Å². The number of nitrogens with one attached hydrogen (secondary N) is 1. The fraction of sp³-hybridized carbons (Fsp3) is 0.533. The fourth-order valence-corrected chi connectivity index (χ4v) is 2.49. The Morgan fingerprint density at radius 3 is 2.68 bits per heavy atom. The fourth-order valence-electron chi connectivity index (χ4n) is 2.49. The maximum Gasteiger partial charge on any atom is 0.425 e. The van der Waals surface area contributed by atoms with Gasteiger partial charge in [0.1, 0.15) is 5.60 Å². The summed E-state index contributed by atoms with van der Waals surface area (Å²) < 4.78 is 5.44. The third-order valence-electron chi connectivity index (χ3n) is 3.24. The molecular weight excluding hydrogens is 240 g/mol. The number of hydrogen-bond acceptors (Lipinski definition) is 3. The smallest absolute Gasteiger partial charge is 0.425 e. The minimum atomic E-state index is -0.482. The average Bonchev–Trinajstić information content (AvgIpc) is 2.72. The summed E-state index contributed by atoms with van der Waals surface area (Å²) in [5, 5.41) is 1.59. The van der Waals surface area contributed by atoms with Gasteiger partial charge < -0.3 is 4.74 Å². The highest BCUT2D eigenvalue weighted by molar-refractivity contribution is 5.68. The van der Waals surface area contributed by atoms with Crippen LogP contribution in [0.3, 0.4) is 0 Å². The predicted octanol–water partition coefficient (Wildman–Crippen LogP) is 3.05. The molecular formula is C15H22N2O2. The second-order valence-electron chi connectivity index (χ2n) is 5.83. The molecule has 1 aliphatic rings. The normalized spacial score (nSPS) is 18.0. The second-order valence-corrected chi connectivity index (χ2v) is 5.83. The summed E-state index contributed by atoms with van der Waals surface area (Å²) in [6.45, 7) is 5.63. The molecule has 104 valence electrons. The first kappa shape index (κ1) is 13.9. The third kappa shape index (κ3) is 3.07. The maximum absolute atomic E-state index is 12.2. The minimum absolute atomic E-state index is 0.0519. The van der Waals surface area contributed by atoms with Gasteiger partial charge in [0.2, 0.25) is 0 Å². The summed E-state index contributed by atoms with van der Waals surface area (Å²) in [6, 6.07) is 8.31. The highest BCUT2D eigenvalue weighted by Crippen LogP contribution is 2.35. The van der Waals surface area contributed by atoms with Crippen molar-refractivity contribution >= 4 is 6.09 Å². The van der Waals surface area contributed by atoms with Crippen LogP contribution in [0.4, 0.5) is 4.79 Å². The van der Waals surface area contributed by atoms with Crippen LogP contribution >= 0.6 is 0 Å². The summed E-state index contributed by atoms with van der Waals surface area (Å²) in [5.74, 6) is 0. The van der Waals surface area contributed by atoms with Crippen molar-refractivity contribution in [2.45, 2.75) is 45.3 Å². The molecule has 1 atom stereocenters. The van der Waals surface area contributed by atoms with Crippen LogP contribution in [-0.2, 0) is 11.2 Å². The number of hydrazine groups is 1. The van der Waals surface area contributed by atoms with Gasteiger partial charge in [0.05, 0.1) is 6.04 Å². The summed E-state index contributed by atoms with van der Waals surface area (Å²) in [5.41, 5.74) is 5.01. The van der Waals surface area contributed by atoms with Gasteiger partial charge in [0, 0.05) is 7.05 Å². The van der Waals surface area contributed by atoms with E-state index in [1.165, 1.54) is 11.1 Å². The Morgan fingerprint density at radius 1 is 1.37 bits per heavy atom. The summed E-state index contributed by atoms with van der Waals surface area (Å²) in [4.78, 5) is 12.2. The lowest BCUT2D eigenvalue weighted by Gasteiger charge is -2.31. The van der Waals surface area contributed by atoms with Crippen molar-refractivity contribution in [3.63, 3.8) is 0 Å². The molecule has 0 aromatic heterocycles. The number of hydrogen-bond donors (Lipinski definition) is 1. The molecule has 0 spiro atoms. The Bertz CT molecular complexity index is 465. The van der Waals surface area contributed by atoms with E-state index in [-0.39, 0.29) is 12.1 Å². The zero-order valence-electron chi connectivity index (χ0n) is 12.1. The molecule has 0 saturated carbocycles. The molecule has 0 saturated heterocycles. The number of nitrogens with zero attached hydrogens (tertiary/aromatic N) is 1. The van der Waals surface area contributed by atoms with Gasteiger partial charge in [0.15, 0.2) is 0 Å². The van der Waals surface area contributed by atoms with Crippen LogP contribution in [0.15, 0.2) is 24.3 Å². The van der Waals surface area contributed by atoms with Gasteiger partial charge in [-0.3, -0.25) is 0 Å². The van der Waals surface area contributed by atoms with E-state index in [9.17, 15) is 4.79 Å². The van der Waals surface area contributed by atoms with E-state index < -0.39 is 5.60 Å². The van der Waals surface area contributed by atoms with Gasteiger partial charge in [-0.15, -0.1) is 0 Å². The van der Waals surface area contributed by atoms with E-state index in [1.807, 2.05) is 32.9 Å². The van der Waals surface area contributed by atoms with E-state index in [4.69, 9.17) is 4.74 Å². The van der Waals surface area contributed by atoms with Crippen molar-refractivity contribution in [1.82, 2.24) is 10.4 Å². The number of carbonyl (C=O) groups excluding carboxylic acids is 1. The molecule has 19 heavy (non-hydrogen) atoms. The second kappa shape index (κ2) is 5.21. The standard InChI is InChI=1S/C15H22N2O2/c1-15(2,3)19-14(18)17(16-4)13-10-9-11-7-5-6-8-12(11)13/h5-8,13,16H,9-10H2,1-4H3/t13-/m0/s1. The van der Waals surface area contributed by atoms with Crippen molar-refractivity contribution in [2.24, 2.45) is 0 Å². The summed E-state index contributed by atoms with van der Waals surface area (Å²) in [7, 11) is 1.75. The molecule has 2 rings (SSSR count). The van der Waals surface area contributed by atoms with Crippen LogP contribution in [0, 0.1) is 0 Å². The molecule has 0 aliphatic heterocycles. The van der Waals surface area contributed by atoms with Crippen molar-refractivity contribution in [2.75, 3.05) is 7.05 Å². The van der Waals surface area contributed by atoms with Crippen molar-refractivity contribution < 1.29 is 9.53 Å². The molecule has 0 heterocycles. The molecule has 0 fully saturated rings. The molecule has 0 radical (unpaired) electrons. The first-order chi connectivity index (χ1) is 8.92. The quantitative estimate of drug-likeness (QED) is 0.833. The number of ether oxygens (including phenoxy) is 1. The van der Waals surface area contributed by atoms with Crippen LogP contribution in [0.25, 0.3) is 0 Å². The van der Waals surface area contributed by atoms with Crippen LogP contribution in [0.1, 0.15) is 44.4 Å². The summed E-state index contributed by atoms with van der Waals surface area (Å²) in [6.07, 6.45) is 1.61. The zero-order chi connectivity index (χ0) is 14.0. The number of benzene rings is 1. The number of aryl methyl sites for hydroxylation is 1. The topological polar surface area (TPSA) is 41.6 Å². The van der Waals surface area contributed by atoms with Crippen molar-refractivity contribution in [1.29, 1.82) is 0 Å². The molecule has 1 amide bonds. The average molecular weight is 262 g/mol. The van der Waals surface area contributed by atoms with Gasteiger partial charge in [-0.25, -0.2) is 15.2 Å². The molecule has 1 aromatic carbocycles. The van der Waals surface area contributed by atoms with E-state index in [2.05, 4.69) is 17.6 Å². The van der Waals surface area contributed by atoms with E-state index in [0.717, 1.165) is 12.8 Å². The lowest BCUT2D eigenvalue weighted by molar-refractivity contribution is 0.00428. The Morgan fingerprint density at radius 2 is 2.05 bits per heavy atom. The van der Waals surface area contributed by atoms with E-state index in [0.29, 0.717) is 0 Å². The van der Waals surface area contributed by atoms with Crippen LogP contribution in [0.5, 0.6) is 0 Å². The Labute approximate surface area is 114 Å². The van der Waals surface area contributed by atoms with E-state index >= 15 is 0 Å². The van der Waals surface area contributed by atoms with Crippen LogP contribution < -0.4 is 5.43 Å². The number of rotatable bonds is 2. The molecule has 1 aliphatic carbocycles. The van der Waals surface area contributed by atoms with Crippen LogP contribution in [-0.4, -0.2) is 23.8 Å². The zero-order valence-corrected chi connectivity index (χ0v) is 12.1. The predicted molar refractivity (Wildman–Crippen MR) is 74.6 cm³/mol. The number of amides is 1. The first-order valence-corrected chi connectivity index (χ1v) is 6.70. The van der Waals surface area contributed by atoms with Crippen molar-refractivity contribution in [3.05, 3.63) is 35.4 Å². The highest BCUT2D eigenvalue weighted by atomic mass is 16.6. The Balaban J connectivity index is 2.18. The van der Waals surface area contributed by atoms with Gasteiger partial charge in [-0.05, 0) is 44.7 Å². The SMILES string of the molecule is CNN(C(=O)OC(C)(C)C)[C@H]1CCc2ccccc21. The molecule has 4 heteroatoms. The molecule has 4 nitrogen and oxygen atoms in total. The van der Waals surface area contributed by atoms with Gasteiger partial charge in [-0.1, -0.05) is 24.3 Å². The monoisotopic (exact) mass is 262 g/mol. The highest BCUT2D eigenvalue weighted by Gasteiger charge is 2.32. The molecule has 0 unspecified atom stereocenters.